The number of ether oxygens (including phenoxy) is 1. The van der Waals surface area contributed by atoms with Crippen LogP contribution in [0.5, 0.6) is 0 Å². The van der Waals surface area contributed by atoms with Crippen LogP contribution in [0.4, 0.5) is 0 Å². The second-order valence-electron chi connectivity index (χ2n) is 5.37. The summed E-state index contributed by atoms with van der Waals surface area (Å²) in [6.07, 6.45) is 0.609. The Kier molecular flexibility index (Phi) is 7.64. The first kappa shape index (κ1) is 19.6. The van der Waals surface area contributed by atoms with E-state index in [2.05, 4.69) is 0 Å². The van der Waals surface area contributed by atoms with Crippen LogP contribution in [0.2, 0.25) is 6.04 Å². The highest BCUT2D eigenvalue weighted by molar-refractivity contribution is 6.60. The number of rotatable bonds is 11. The molecule has 138 valence electrons. The highest BCUT2D eigenvalue weighted by Gasteiger charge is 2.39. The number of furan rings is 1. The van der Waals surface area contributed by atoms with E-state index in [0.717, 1.165) is 5.39 Å². The lowest BCUT2D eigenvalue weighted by Crippen LogP contribution is -2.46. The molecular weight excluding hydrogens is 340 g/mol. The third-order valence-electron chi connectivity index (χ3n) is 3.58. The van der Waals surface area contributed by atoms with Crippen molar-refractivity contribution < 1.29 is 27.2 Å². The van der Waals surface area contributed by atoms with E-state index in [-0.39, 0.29) is 12.4 Å². The van der Waals surface area contributed by atoms with Crippen molar-refractivity contribution in [2.75, 3.05) is 26.4 Å². The van der Waals surface area contributed by atoms with Gasteiger partial charge in [0.25, 0.3) is 0 Å². The summed E-state index contributed by atoms with van der Waals surface area (Å²) in [7, 11) is -2.69. The number of fused-ring (bicyclic) bond motifs is 1. The van der Waals surface area contributed by atoms with Crippen LogP contribution >= 0.6 is 0 Å². The maximum atomic E-state index is 12.1. The molecule has 6 nitrogen and oxygen atoms in total. The van der Waals surface area contributed by atoms with Crippen molar-refractivity contribution in [3.8, 4) is 0 Å². The predicted octanol–water partition coefficient (Wildman–Crippen LogP) is 4.03. The monoisotopic (exact) mass is 366 g/mol. The molecule has 0 amide bonds. The summed E-state index contributed by atoms with van der Waals surface area (Å²) in [6, 6.07) is 9.76. The number of hydrogen-bond donors (Lipinski definition) is 0. The highest BCUT2D eigenvalue weighted by atomic mass is 28.4. The minimum atomic E-state index is -2.69. The smallest absolute Gasteiger partial charge is 0.460 e. The Morgan fingerprint density at radius 3 is 2.28 bits per heavy atom. The third kappa shape index (κ3) is 5.40. The van der Waals surface area contributed by atoms with Gasteiger partial charge >= 0.3 is 14.8 Å². The highest BCUT2D eigenvalue weighted by Crippen LogP contribution is 2.21. The molecule has 25 heavy (non-hydrogen) atoms. The van der Waals surface area contributed by atoms with Gasteiger partial charge in [-0.2, -0.15) is 0 Å². The van der Waals surface area contributed by atoms with Crippen molar-refractivity contribution in [1.29, 1.82) is 0 Å². The van der Waals surface area contributed by atoms with E-state index in [0.29, 0.717) is 37.9 Å². The quantitative estimate of drug-likeness (QED) is 0.340. The molecule has 0 saturated heterocycles. The minimum Gasteiger partial charge on any atom is -0.460 e. The molecule has 7 heteroatoms. The zero-order chi connectivity index (χ0) is 18.1. The summed E-state index contributed by atoms with van der Waals surface area (Å²) in [4.78, 5) is 12.1. The SMILES string of the molecule is CCO[Si](CCCOC(=O)c1cc2ccccc2o1)(OCC)OCC. The summed E-state index contributed by atoms with van der Waals surface area (Å²) in [5, 5.41) is 0.880. The molecular formula is C18H26O6Si. The molecule has 0 N–H and O–H groups in total. The van der Waals surface area contributed by atoms with Gasteiger partial charge < -0.3 is 22.4 Å². The van der Waals surface area contributed by atoms with Crippen LogP contribution < -0.4 is 0 Å². The average molecular weight is 366 g/mol. The summed E-state index contributed by atoms with van der Waals surface area (Å²) in [5.41, 5.74) is 0.671. The molecule has 1 heterocycles. The van der Waals surface area contributed by atoms with Crippen LogP contribution in [-0.4, -0.2) is 41.2 Å². The van der Waals surface area contributed by atoms with Gasteiger partial charge in [0.1, 0.15) is 5.58 Å². The standard InChI is InChI=1S/C18H26O6Si/c1-4-21-25(22-5-2,23-6-3)13-9-12-20-18(19)17-14-15-10-7-8-11-16(15)24-17/h7-8,10-11,14H,4-6,9,12-13H2,1-3H3. The van der Waals surface area contributed by atoms with Gasteiger partial charge in [0.05, 0.1) is 6.61 Å². The molecule has 0 aliphatic heterocycles. The van der Waals surface area contributed by atoms with E-state index < -0.39 is 14.8 Å². The van der Waals surface area contributed by atoms with Crippen molar-refractivity contribution in [3.63, 3.8) is 0 Å². The first-order valence-electron chi connectivity index (χ1n) is 8.71. The fourth-order valence-electron chi connectivity index (χ4n) is 2.61. The van der Waals surface area contributed by atoms with Crippen molar-refractivity contribution in [3.05, 3.63) is 36.1 Å². The molecule has 0 saturated carbocycles. The zero-order valence-electron chi connectivity index (χ0n) is 15.1. The molecule has 1 aromatic carbocycles. The molecule has 0 aliphatic rings. The molecule has 0 unspecified atom stereocenters. The number of carbonyl (C=O) groups excluding carboxylic acids is 1. The molecule has 0 fully saturated rings. The lowest BCUT2D eigenvalue weighted by Gasteiger charge is -2.28. The molecule has 2 rings (SSSR count). The van der Waals surface area contributed by atoms with E-state index in [1.54, 1.807) is 6.07 Å². The van der Waals surface area contributed by atoms with Crippen molar-refractivity contribution >= 4 is 25.7 Å². The van der Waals surface area contributed by atoms with Crippen LogP contribution in [0.15, 0.2) is 34.7 Å². The second-order valence-corrected chi connectivity index (χ2v) is 8.10. The van der Waals surface area contributed by atoms with Gasteiger partial charge in [-0.05, 0) is 39.3 Å². The van der Waals surface area contributed by atoms with E-state index in [9.17, 15) is 4.79 Å². The Hall–Kier alpha value is -1.67. The van der Waals surface area contributed by atoms with Gasteiger partial charge in [-0.1, -0.05) is 18.2 Å². The summed E-state index contributed by atoms with van der Waals surface area (Å²) in [6.45, 7) is 7.61. The largest absolute Gasteiger partial charge is 0.501 e. The summed E-state index contributed by atoms with van der Waals surface area (Å²) >= 11 is 0. The maximum absolute atomic E-state index is 12.1. The van der Waals surface area contributed by atoms with Gasteiger partial charge in [-0.3, -0.25) is 0 Å². The van der Waals surface area contributed by atoms with E-state index in [1.165, 1.54) is 0 Å². The van der Waals surface area contributed by atoms with E-state index in [1.807, 2.05) is 45.0 Å². The van der Waals surface area contributed by atoms with Crippen LogP contribution in [0.25, 0.3) is 11.0 Å². The lowest BCUT2D eigenvalue weighted by atomic mass is 10.2. The Labute approximate surface area is 149 Å². The molecule has 0 spiro atoms. The number of carbonyl (C=O) groups is 1. The number of para-hydroxylation sites is 1. The van der Waals surface area contributed by atoms with E-state index >= 15 is 0 Å². The normalized spacial score (nSPS) is 11.8. The fraction of sp³-hybridized carbons (Fsp3) is 0.500. The molecule has 0 aliphatic carbocycles. The fourth-order valence-corrected chi connectivity index (χ4v) is 5.19. The van der Waals surface area contributed by atoms with Gasteiger partial charge in [0.2, 0.25) is 5.76 Å². The summed E-state index contributed by atoms with van der Waals surface area (Å²) < 4.78 is 28.1. The lowest BCUT2D eigenvalue weighted by molar-refractivity contribution is 0.0439. The molecule has 0 bridgehead atoms. The Morgan fingerprint density at radius 2 is 1.68 bits per heavy atom. The molecule has 2 aromatic rings. The van der Waals surface area contributed by atoms with Crippen molar-refractivity contribution in [1.82, 2.24) is 0 Å². The molecule has 0 atom stereocenters. The number of hydrogen-bond acceptors (Lipinski definition) is 6. The topological polar surface area (TPSA) is 67.1 Å². The first-order chi connectivity index (χ1) is 12.1. The molecule has 1 aromatic heterocycles. The maximum Gasteiger partial charge on any atom is 0.501 e. The Bertz CT molecular complexity index is 618. The summed E-state index contributed by atoms with van der Waals surface area (Å²) in [5.74, 6) is -0.253. The Morgan fingerprint density at radius 1 is 1.04 bits per heavy atom. The number of benzene rings is 1. The van der Waals surface area contributed by atoms with Gasteiger partial charge in [-0.15, -0.1) is 0 Å². The van der Waals surface area contributed by atoms with Crippen LogP contribution in [0.1, 0.15) is 37.7 Å². The van der Waals surface area contributed by atoms with Crippen LogP contribution in [-0.2, 0) is 18.0 Å². The van der Waals surface area contributed by atoms with Crippen LogP contribution in [0.3, 0.4) is 0 Å². The van der Waals surface area contributed by atoms with E-state index in [4.69, 9.17) is 22.4 Å². The molecule has 0 radical (unpaired) electrons. The first-order valence-corrected chi connectivity index (χ1v) is 10.6. The van der Waals surface area contributed by atoms with Crippen molar-refractivity contribution in [2.45, 2.75) is 33.2 Å². The third-order valence-corrected chi connectivity index (χ3v) is 6.73. The van der Waals surface area contributed by atoms with Gasteiger partial charge in [-0.25, -0.2) is 4.79 Å². The van der Waals surface area contributed by atoms with Crippen molar-refractivity contribution in [2.24, 2.45) is 0 Å². The number of esters is 1. The zero-order valence-corrected chi connectivity index (χ0v) is 16.1. The predicted molar refractivity (Wildman–Crippen MR) is 96.6 cm³/mol. The average Bonchev–Trinajstić information content (AvgIpc) is 3.03. The minimum absolute atomic E-state index is 0.212. The Balaban J connectivity index is 1.86. The second kappa shape index (κ2) is 9.72. The van der Waals surface area contributed by atoms with Gasteiger partial charge in [0, 0.05) is 31.3 Å². The van der Waals surface area contributed by atoms with Gasteiger partial charge in [0.15, 0.2) is 0 Å². The van der Waals surface area contributed by atoms with Crippen LogP contribution in [0, 0.1) is 0 Å².